The zero-order valence-electron chi connectivity index (χ0n) is 14.1. The van der Waals surface area contributed by atoms with E-state index in [-0.39, 0.29) is 29.1 Å². The van der Waals surface area contributed by atoms with Gasteiger partial charge in [0.1, 0.15) is 0 Å². The average molecular weight is 348 g/mol. The maximum atomic E-state index is 12.4. The summed E-state index contributed by atoms with van der Waals surface area (Å²) in [6.45, 7) is 2.10. The molecule has 8 nitrogen and oxygen atoms in total. The molecule has 0 aromatic heterocycles. The van der Waals surface area contributed by atoms with Gasteiger partial charge in [-0.25, -0.2) is 4.79 Å². The van der Waals surface area contributed by atoms with Crippen molar-refractivity contribution in [2.24, 2.45) is 0 Å². The van der Waals surface area contributed by atoms with Crippen molar-refractivity contribution in [3.8, 4) is 0 Å². The van der Waals surface area contributed by atoms with Crippen molar-refractivity contribution in [2.45, 2.75) is 25.9 Å². The Morgan fingerprint density at radius 2 is 1.92 bits per heavy atom. The predicted molar refractivity (Wildman–Crippen MR) is 87.5 cm³/mol. The Hall–Kier alpha value is -2.74. The summed E-state index contributed by atoms with van der Waals surface area (Å²) in [6, 6.07) is 4.24. The van der Waals surface area contributed by atoms with Crippen LogP contribution in [0.5, 0.6) is 0 Å². The van der Waals surface area contributed by atoms with E-state index >= 15 is 0 Å². The molecular weight excluding hydrogens is 328 g/mol. The number of amides is 3. The van der Waals surface area contributed by atoms with Crippen LogP contribution in [0.4, 0.5) is 0 Å². The number of ether oxygens (including phenoxy) is 1. The van der Waals surface area contributed by atoms with Gasteiger partial charge in [0.15, 0.2) is 6.10 Å². The predicted octanol–water partition coefficient (Wildman–Crippen LogP) is 0.912. The van der Waals surface area contributed by atoms with E-state index in [9.17, 15) is 19.2 Å². The van der Waals surface area contributed by atoms with Gasteiger partial charge in [-0.05, 0) is 24.6 Å². The fraction of sp³-hybridized carbons (Fsp3) is 0.412. The molecule has 0 spiro atoms. The molecular formula is C17H20N2O6. The van der Waals surface area contributed by atoms with E-state index in [4.69, 9.17) is 9.84 Å². The minimum Gasteiger partial charge on any atom is -0.479 e. The summed E-state index contributed by atoms with van der Waals surface area (Å²) in [6.07, 6.45) is 0.406. The van der Waals surface area contributed by atoms with Gasteiger partial charge < -0.3 is 15.2 Å². The zero-order valence-corrected chi connectivity index (χ0v) is 14.1. The van der Waals surface area contributed by atoms with Gasteiger partial charge in [0.25, 0.3) is 17.7 Å². The Morgan fingerprint density at radius 1 is 1.24 bits per heavy atom. The van der Waals surface area contributed by atoms with Crippen LogP contribution in [0, 0.1) is 0 Å². The van der Waals surface area contributed by atoms with Gasteiger partial charge >= 0.3 is 5.97 Å². The van der Waals surface area contributed by atoms with Gasteiger partial charge in [0.05, 0.1) is 17.7 Å². The molecule has 1 atom stereocenters. The summed E-state index contributed by atoms with van der Waals surface area (Å²) in [4.78, 5) is 48.8. The van der Waals surface area contributed by atoms with E-state index < -0.39 is 23.9 Å². The molecule has 8 heteroatoms. The van der Waals surface area contributed by atoms with Gasteiger partial charge in [0.2, 0.25) is 0 Å². The fourth-order valence-corrected chi connectivity index (χ4v) is 2.51. The van der Waals surface area contributed by atoms with E-state index in [1.165, 1.54) is 30.2 Å². The third-order valence-corrected chi connectivity index (χ3v) is 3.98. The lowest BCUT2D eigenvalue weighted by Gasteiger charge is -2.12. The molecule has 25 heavy (non-hydrogen) atoms. The number of hydrogen-bond donors (Lipinski definition) is 2. The third kappa shape index (κ3) is 3.85. The molecule has 2 rings (SSSR count). The fourth-order valence-electron chi connectivity index (χ4n) is 2.51. The summed E-state index contributed by atoms with van der Waals surface area (Å²) in [7, 11) is 1.23. The molecule has 134 valence electrons. The van der Waals surface area contributed by atoms with Crippen LogP contribution in [0.25, 0.3) is 0 Å². The van der Waals surface area contributed by atoms with E-state index in [1.807, 2.05) is 6.92 Å². The first-order valence-electron chi connectivity index (χ1n) is 7.94. The number of fused-ring (bicyclic) bond motifs is 1. The minimum absolute atomic E-state index is 0.178. The van der Waals surface area contributed by atoms with Gasteiger partial charge in [-0.3, -0.25) is 19.3 Å². The van der Waals surface area contributed by atoms with Gasteiger partial charge in [0, 0.05) is 19.2 Å². The minimum atomic E-state index is -1.19. The van der Waals surface area contributed by atoms with Crippen LogP contribution >= 0.6 is 0 Å². The first-order chi connectivity index (χ1) is 11.9. The number of rotatable bonds is 8. The number of benzene rings is 1. The number of carboxylic acids is 1. The van der Waals surface area contributed by atoms with Gasteiger partial charge in [-0.15, -0.1) is 0 Å². The zero-order chi connectivity index (χ0) is 18.6. The Bertz CT molecular complexity index is 715. The molecule has 0 saturated carbocycles. The van der Waals surface area contributed by atoms with Crippen LogP contribution in [-0.4, -0.2) is 60.0 Å². The van der Waals surface area contributed by atoms with E-state index in [0.29, 0.717) is 13.0 Å². The van der Waals surface area contributed by atoms with E-state index in [2.05, 4.69) is 5.32 Å². The molecule has 0 saturated heterocycles. The topological polar surface area (TPSA) is 113 Å². The van der Waals surface area contributed by atoms with Crippen LogP contribution in [0.3, 0.4) is 0 Å². The van der Waals surface area contributed by atoms with Crippen LogP contribution in [0.1, 0.15) is 50.8 Å². The van der Waals surface area contributed by atoms with Gasteiger partial charge in [-0.2, -0.15) is 0 Å². The van der Waals surface area contributed by atoms with Crippen LogP contribution in [0.15, 0.2) is 18.2 Å². The van der Waals surface area contributed by atoms with E-state index in [0.717, 1.165) is 6.42 Å². The highest BCUT2D eigenvalue weighted by Gasteiger charge is 2.35. The number of carboxylic acid groups (broad SMARTS) is 1. The Balaban J connectivity index is 2.13. The molecule has 1 unspecified atom stereocenters. The van der Waals surface area contributed by atoms with Crippen molar-refractivity contribution in [1.29, 1.82) is 0 Å². The molecule has 1 aromatic carbocycles. The van der Waals surface area contributed by atoms with Crippen LogP contribution < -0.4 is 5.32 Å². The molecule has 1 aliphatic heterocycles. The molecule has 0 fully saturated rings. The number of carbonyl (C=O) groups excluding carboxylic acids is 3. The number of carbonyl (C=O) groups is 4. The highest BCUT2D eigenvalue weighted by molar-refractivity contribution is 6.22. The highest BCUT2D eigenvalue weighted by Crippen LogP contribution is 2.24. The number of hydrogen-bond acceptors (Lipinski definition) is 5. The summed E-state index contributed by atoms with van der Waals surface area (Å²) in [5, 5.41) is 11.3. The molecule has 1 aromatic rings. The summed E-state index contributed by atoms with van der Waals surface area (Å²) in [5.41, 5.74) is 0.644. The maximum absolute atomic E-state index is 12.4. The Labute approximate surface area is 144 Å². The molecule has 1 aliphatic rings. The quantitative estimate of drug-likeness (QED) is 0.675. The first kappa shape index (κ1) is 18.6. The number of unbranched alkanes of at least 4 members (excludes halogenated alkanes) is 1. The average Bonchev–Trinajstić information content (AvgIpc) is 2.83. The monoisotopic (exact) mass is 348 g/mol. The van der Waals surface area contributed by atoms with Crippen LogP contribution in [-0.2, 0) is 9.53 Å². The standard InChI is InChI=1S/C17H20N2O6/c1-3-4-7-19-15(21)11-6-5-10(8-12(11)16(19)22)14(20)18-9-13(25-2)17(23)24/h5-6,8,13H,3-4,7,9H2,1-2H3,(H,18,20)(H,23,24). The molecule has 0 aliphatic carbocycles. The van der Waals surface area contributed by atoms with Crippen molar-refractivity contribution in [2.75, 3.05) is 20.2 Å². The molecule has 2 N–H and O–H groups in total. The number of nitrogens with one attached hydrogen (secondary N) is 1. The lowest BCUT2D eigenvalue weighted by molar-refractivity contribution is -0.148. The number of aliphatic carboxylic acids is 1. The van der Waals surface area contributed by atoms with E-state index in [1.54, 1.807) is 0 Å². The van der Waals surface area contributed by atoms with Crippen molar-refractivity contribution in [3.63, 3.8) is 0 Å². The molecule has 1 heterocycles. The van der Waals surface area contributed by atoms with Crippen LogP contribution in [0.2, 0.25) is 0 Å². The first-order valence-corrected chi connectivity index (χ1v) is 7.94. The smallest absolute Gasteiger partial charge is 0.334 e. The lowest BCUT2D eigenvalue weighted by atomic mass is 10.1. The van der Waals surface area contributed by atoms with Crippen molar-refractivity contribution in [1.82, 2.24) is 10.2 Å². The summed E-state index contributed by atoms with van der Waals surface area (Å²) in [5.74, 6) is -2.50. The number of imide groups is 1. The SMILES string of the molecule is CCCCN1C(=O)c2ccc(C(=O)NCC(OC)C(=O)O)cc2C1=O. The summed E-state index contributed by atoms with van der Waals surface area (Å²) >= 11 is 0. The second-order valence-corrected chi connectivity index (χ2v) is 5.65. The van der Waals surface area contributed by atoms with Crippen molar-refractivity contribution < 1.29 is 29.0 Å². The largest absolute Gasteiger partial charge is 0.479 e. The number of nitrogens with zero attached hydrogens (tertiary/aromatic N) is 1. The third-order valence-electron chi connectivity index (χ3n) is 3.98. The Kier molecular flexibility index (Phi) is 5.87. The number of methoxy groups -OCH3 is 1. The van der Waals surface area contributed by atoms with Crippen molar-refractivity contribution in [3.05, 3.63) is 34.9 Å². The summed E-state index contributed by atoms with van der Waals surface area (Å²) < 4.78 is 4.74. The lowest BCUT2D eigenvalue weighted by Crippen LogP contribution is -2.37. The van der Waals surface area contributed by atoms with Crippen molar-refractivity contribution >= 4 is 23.7 Å². The maximum Gasteiger partial charge on any atom is 0.334 e. The molecule has 3 amide bonds. The molecule has 0 radical (unpaired) electrons. The highest BCUT2D eigenvalue weighted by atomic mass is 16.5. The second-order valence-electron chi connectivity index (χ2n) is 5.65. The second kappa shape index (κ2) is 7.89. The van der Waals surface area contributed by atoms with Gasteiger partial charge in [-0.1, -0.05) is 13.3 Å². The normalized spacial score (nSPS) is 14.4. The Morgan fingerprint density at radius 3 is 2.52 bits per heavy atom. The molecule has 0 bridgehead atoms.